The highest BCUT2D eigenvalue weighted by Gasteiger charge is 2.56. The first-order valence-electron chi connectivity index (χ1n) is 9.08. The summed E-state index contributed by atoms with van der Waals surface area (Å²) in [4.78, 5) is 23.8. The zero-order chi connectivity index (χ0) is 17.3. The Bertz CT molecular complexity index is 520. The molecule has 0 N–H and O–H groups in total. The van der Waals surface area contributed by atoms with Gasteiger partial charge in [0, 0.05) is 5.57 Å². The number of ether oxygens (including phenoxy) is 3. The van der Waals surface area contributed by atoms with Gasteiger partial charge in [0.05, 0.1) is 24.2 Å². The molecule has 0 amide bonds. The van der Waals surface area contributed by atoms with E-state index in [2.05, 4.69) is 13.5 Å². The molecule has 1 aliphatic heterocycles. The Labute approximate surface area is 143 Å². The Morgan fingerprint density at radius 1 is 1.17 bits per heavy atom. The maximum atomic E-state index is 12.3. The summed E-state index contributed by atoms with van der Waals surface area (Å²) in [7, 11) is 0. The molecule has 3 unspecified atom stereocenters. The molecular formula is C19H28O5. The summed E-state index contributed by atoms with van der Waals surface area (Å²) >= 11 is 0. The minimum atomic E-state index is -0.309. The fourth-order valence-electron chi connectivity index (χ4n) is 3.97. The molecule has 134 valence electrons. The second-order valence-corrected chi connectivity index (χ2v) is 7.86. The molecular weight excluding hydrogens is 308 g/mol. The molecule has 24 heavy (non-hydrogen) atoms. The first-order chi connectivity index (χ1) is 11.4. The lowest BCUT2D eigenvalue weighted by Gasteiger charge is -2.29. The second kappa shape index (κ2) is 6.87. The van der Waals surface area contributed by atoms with E-state index in [9.17, 15) is 9.59 Å². The summed E-state index contributed by atoms with van der Waals surface area (Å²) in [6.45, 7) is 7.83. The molecule has 1 saturated heterocycles. The molecule has 0 aromatic heterocycles. The second-order valence-electron chi connectivity index (χ2n) is 7.86. The molecule has 5 nitrogen and oxygen atoms in total. The van der Waals surface area contributed by atoms with Crippen molar-refractivity contribution in [3.05, 3.63) is 12.2 Å². The van der Waals surface area contributed by atoms with Crippen molar-refractivity contribution in [2.75, 3.05) is 6.61 Å². The average molecular weight is 336 g/mol. The van der Waals surface area contributed by atoms with E-state index in [1.54, 1.807) is 6.92 Å². The van der Waals surface area contributed by atoms with Gasteiger partial charge in [0.1, 0.15) is 6.10 Å². The Morgan fingerprint density at radius 3 is 2.50 bits per heavy atom. The van der Waals surface area contributed by atoms with E-state index >= 15 is 0 Å². The van der Waals surface area contributed by atoms with Crippen molar-refractivity contribution < 1.29 is 23.8 Å². The summed E-state index contributed by atoms with van der Waals surface area (Å²) in [5.74, 6) is -0.0169. The van der Waals surface area contributed by atoms with Crippen LogP contribution in [-0.2, 0) is 23.8 Å². The molecule has 2 aliphatic carbocycles. The molecule has 0 radical (unpaired) electrons. The number of carbonyl (C=O) groups is 2. The van der Waals surface area contributed by atoms with Crippen LogP contribution in [0.3, 0.4) is 0 Å². The summed E-state index contributed by atoms with van der Waals surface area (Å²) in [6.07, 6.45) is 6.49. The van der Waals surface area contributed by atoms with E-state index in [0.717, 1.165) is 44.9 Å². The number of carbonyl (C=O) groups excluding carboxylic acids is 2. The van der Waals surface area contributed by atoms with E-state index in [4.69, 9.17) is 14.2 Å². The van der Waals surface area contributed by atoms with E-state index in [1.807, 2.05) is 0 Å². The van der Waals surface area contributed by atoms with Crippen LogP contribution in [0.2, 0.25) is 0 Å². The van der Waals surface area contributed by atoms with Crippen LogP contribution in [0.5, 0.6) is 0 Å². The fourth-order valence-corrected chi connectivity index (χ4v) is 3.97. The molecule has 5 heteroatoms. The number of epoxide rings is 1. The number of esters is 2. The topological polar surface area (TPSA) is 65.1 Å². The fraction of sp³-hybridized carbons (Fsp3) is 0.789. The quantitative estimate of drug-likeness (QED) is 0.438. The van der Waals surface area contributed by atoms with E-state index in [-0.39, 0.29) is 29.6 Å². The summed E-state index contributed by atoms with van der Waals surface area (Å²) in [5.41, 5.74) is 0.363. The van der Waals surface area contributed by atoms with Gasteiger partial charge in [0.25, 0.3) is 0 Å². The van der Waals surface area contributed by atoms with Crippen LogP contribution >= 0.6 is 0 Å². The predicted octanol–water partition coefficient (Wildman–Crippen LogP) is 3.17. The highest BCUT2D eigenvalue weighted by molar-refractivity contribution is 5.87. The Kier molecular flexibility index (Phi) is 5.00. The van der Waals surface area contributed by atoms with Gasteiger partial charge >= 0.3 is 11.9 Å². The summed E-state index contributed by atoms with van der Waals surface area (Å²) < 4.78 is 16.6. The first-order valence-corrected chi connectivity index (χ1v) is 9.08. The monoisotopic (exact) mass is 336 g/mol. The minimum Gasteiger partial charge on any atom is -0.465 e. The van der Waals surface area contributed by atoms with Crippen LogP contribution in [0.15, 0.2) is 12.2 Å². The Balaban J connectivity index is 1.35. The van der Waals surface area contributed by atoms with Gasteiger partial charge in [0.2, 0.25) is 0 Å². The molecule has 3 aliphatic rings. The van der Waals surface area contributed by atoms with Gasteiger partial charge in [-0.05, 0) is 64.7 Å². The smallest absolute Gasteiger partial charge is 0.333 e. The SMILES string of the molecule is C=C(C)C(=O)OC1CCC(COC(=O)C2CCC3OC3(C)C2)CC1. The molecule has 0 aromatic rings. The number of fused-ring (bicyclic) bond motifs is 1. The number of rotatable bonds is 5. The van der Waals surface area contributed by atoms with Gasteiger partial charge in [0.15, 0.2) is 0 Å². The standard InChI is InChI=1S/C19H28O5/c1-12(2)17(20)23-15-7-4-13(5-8-15)11-22-18(21)14-6-9-16-19(3,10-14)24-16/h13-16H,1,4-11H2,2-3H3. The Hall–Kier alpha value is -1.36. The lowest BCUT2D eigenvalue weighted by atomic mass is 9.82. The van der Waals surface area contributed by atoms with Crippen LogP contribution in [0.25, 0.3) is 0 Å². The lowest BCUT2D eigenvalue weighted by molar-refractivity contribution is -0.152. The zero-order valence-electron chi connectivity index (χ0n) is 14.7. The van der Waals surface area contributed by atoms with Gasteiger partial charge in [-0.3, -0.25) is 4.79 Å². The molecule has 0 aromatic carbocycles. The van der Waals surface area contributed by atoms with Crippen LogP contribution < -0.4 is 0 Å². The van der Waals surface area contributed by atoms with Gasteiger partial charge in [-0.1, -0.05) is 6.58 Å². The van der Waals surface area contributed by atoms with Crippen molar-refractivity contribution in [3.8, 4) is 0 Å². The van der Waals surface area contributed by atoms with Crippen LogP contribution in [-0.4, -0.2) is 36.4 Å². The van der Waals surface area contributed by atoms with Gasteiger partial charge in [-0.25, -0.2) is 4.79 Å². The minimum absolute atomic E-state index is 0.0124. The Morgan fingerprint density at radius 2 is 1.88 bits per heavy atom. The third-order valence-corrected chi connectivity index (χ3v) is 5.67. The summed E-state index contributed by atoms with van der Waals surface area (Å²) in [5, 5.41) is 0. The average Bonchev–Trinajstić information content (AvgIpc) is 3.24. The maximum absolute atomic E-state index is 12.3. The highest BCUT2D eigenvalue weighted by atomic mass is 16.6. The van der Waals surface area contributed by atoms with Crippen molar-refractivity contribution in [1.29, 1.82) is 0 Å². The van der Waals surface area contributed by atoms with Crippen molar-refractivity contribution in [1.82, 2.24) is 0 Å². The predicted molar refractivity (Wildman–Crippen MR) is 88.2 cm³/mol. The molecule has 3 rings (SSSR count). The summed E-state index contributed by atoms with van der Waals surface area (Å²) in [6, 6.07) is 0. The van der Waals surface area contributed by atoms with Crippen molar-refractivity contribution in [2.45, 2.75) is 76.6 Å². The third kappa shape index (κ3) is 4.00. The number of hydrogen-bond donors (Lipinski definition) is 0. The largest absolute Gasteiger partial charge is 0.465 e. The van der Waals surface area contributed by atoms with Gasteiger partial charge in [-0.15, -0.1) is 0 Å². The molecule has 1 heterocycles. The van der Waals surface area contributed by atoms with Crippen LogP contribution in [0.1, 0.15) is 58.8 Å². The molecule has 3 fully saturated rings. The van der Waals surface area contributed by atoms with E-state index < -0.39 is 0 Å². The van der Waals surface area contributed by atoms with Crippen molar-refractivity contribution in [3.63, 3.8) is 0 Å². The zero-order valence-corrected chi connectivity index (χ0v) is 14.7. The molecule has 3 atom stereocenters. The van der Waals surface area contributed by atoms with E-state index in [1.165, 1.54) is 0 Å². The van der Waals surface area contributed by atoms with Crippen molar-refractivity contribution in [2.24, 2.45) is 11.8 Å². The highest BCUT2D eigenvalue weighted by Crippen LogP contribution is 2.49. The molecule has 2 saturated carbocycles. The van der Waals surface area contributed by atoms with Crippen LogP contribution in [0.4, 0.5) is 0 Å². The van der Waals surface area contributed by atoms with Gasteiger partial charge in [-0.2, -0.15) is 0 Å². The normalized spacial score (nSPS) is 37.9. The van der Waals surface area contributed by atoms with Crippen LogP contribution in [0, 0.1) is 11.8 Å². The maximum Gasteiger partial charge on any atom is 0.333 e. The number of hydrogen-bond acceptors (Lipinski definition) is 5. The van der Waals surface area contributed by atoms with Crippen molar-refractivity contribution >= 4 is 11.9 Å². The van der Waals surface area contributed by atoms with Gasteiger partial charge < -0.3 is 14.2 Å². The first kappa shape index (κ1) is 17.5. The molecule has 0 spiro atoms. The third-order valence-electron chi connectivity index (χ3n) is 5.67. The molecule has 0 bridgehead atoms. The van der Waals surface area contributed by atoms with E-state index in [0.29, 0.717) is 24.2 Å². The lowest BCUT2D eigenvalue weighted by Crippen LogP contribution is -2.31.